The van der Waals surface area contributed by atoms with E-state index in [2.05, 4.69) is 20.5 Å². The molecule has 0 radical (unpaired) electrons. The van der Waals surface area contributed by atoms with Crippen LogP contribution in [0.1, 0.15) is 39.5 Å². The highest BCUT2D eigenvalue weighted by atomic mass is 35.5. The van der Waals surface area contributed by atoms with E-state index in [0.717, 1.165) is 0 Å². The molecule has 0 aliphatic heterocycles. The van der Waals surface area contributed by atoms with Crippen LogP contribution in [-0.2, 0) is 19.1 Å². The Morgan fingerprint density at radius 2 is 0.944 bits per heavy atom. The van der Waals surface area contributed by atoms with Gasteiger partial charge < -0.3 is 9.47 Å². The topological polar surface area (TPSA) is 102 Å². The molecule has 1 aliphatic carbocycles. The fourth-order valence-electron chi connectivity index (χ4n) is 3.46. The molecule has 0 unspecified atom stereocenters. The van der Waals surface area contributed by atoms with Crippen molar-refractivity contribution in [2.45, 2.75) is 51.0 Å². The molecule has 0 saturated heterocycles. The molecule has 0 atom stereocenters. The Morgan fingerprint density at radius 3 is 1.22 bits per heavy atom. The summed E-state index contributed by atoms with van der Waals surface area (Å²) in [5, 5.41) is 18.5. The summed E-state index contributed by atoms with van der Waals surface area (Å²) in [4.78, 5) is 23.8. The molecule has 0 heterocycles. The monoisotopic (exact) mass is 528 g/mol. The third kappa shape index (κ3) is 8.39. The minimum Gasteiger partial charge on any atom is -0.435 e. The summed E-state index contributed by atoms with van der Waals surface area (Å²) >= 11 is 11.9. The fourth-order valence-corrected chi connectivity index (χ4v) is 3.71. The summed E-state index contributed by atoms with van der Waals surface area (Å²) < 4.78 is 11.2. The van der Waals surface area contributed by atoms with Crippen LogP contribution in [-0.4, -0.2) is 23.4 Å². The maximum absolute atomic E-state index is 11.9. The van der Waals surface area contributed by atoms with Crippen LogP contribution >= 0.6 is 23.2 Å². The molecule has 1 aliphatic rings. The van der Waals surface area contributed by atoms with Gasteiger partial charge in [0.2, 0.25) is 11.4 Å². The fraction of sp³-hybridized carbons (Fsp3) is 0.308. The molecule has 0 fully saturated rings. The molecular formula is C26H26Cl2N4O4. The van der Waals surface area contributed by atoms with Crippen LogP contribution in [0.5, 0.6) is 0 Å². The van der Waals surface area contributed by atoms with Crippen molar-refractivity contribution in [2.24, 2.45) is 20.5 Å². The molecule has 0 N–H and O–H groups in total. The number of esters is 2. The van der Waals surface area contributed by atoms with Gasteiger partial charge in [-0.2, -0.15) is 10.2 Å². The van der Waals surface area contributed by atoms with Crippen molar-refractivity contribution in [3.63, 3.8) is 0 Å². The van der Waals surface area contributed by atoms with Gasteiger partial charge in [-0.3, -0.25) is 9.59 Å². The minimum absolute atomic E-state index is 0.249. The molecule has 0 spiro atoms. The van der Waals surface area contributed by atoms with Gasteiger partial charge in [-0.1, -0.05) is 47.5 Å². The first-order chi connectivity index (χ1) is 17.2. The number of carbonyl (C=O) groups is 2. The normalized spacial score (nSPS) is 24.3. The highest BCUT2D eigenvalue weighted by molar-refractivity contribution is 6.30. The molecule has 0 bridgehead atoms. The summed E-state index contributed by atoms with van der Waals surface area (Å²) in [6, 6.07) is 13.7. The molecule has 3 rings (SSSR count). The molecule has 0 aromatic heterocycles. The van der Waals surface area contributed by atoms with Crippen molar-refractivity contribution in [1.29, 1.82) is 0 Å². The maximum Gasteiger partial charge on any atom is 0.304 e. The molecule has 0 amide bonds. The van der Waals surface area contributed by atoms with Crippen LogP contribution in [0, 0.1) is 0 Å². The third-order valence-corrected chi connectivity index (χ3v) is 5.60. The lowest BCUT2D eigenvalue weighted by Crippen LogP contribution is -2.33. The Hall–Kier alpha value is -3.36. The highest BCUT2D eigenvalue weighted by Gasteiger charge is 2.35. The third-order valence-electron chi connectivity index (χ3n) is 5.10. The van der Waals surface area contributed by atoms with Crippen molar-refractivity contribution in [1.82, 2.24) is 0 Å². The van der Waals surface area contributed by atoms with Crippen LogP contribution in [0.3, 0.4) is 0 Å². The molecule has 8 nitrogen and oxygen atoms in total. The number of azo groups is 2. The Bertz CT molecular complexity index is 1070. The Labute approximate surface area is 219 Å². The summed E-state index contributed by atoms with van der Waals surface area (Å²) in [6.45, 7) is 2.66. The lowest BCUT2D eigenvalue weighted by Gasteiger charge is -2.29. The van der Waals surface area contributed by atoms with E-state index in [1.165, 1.54) is 13.8 Å². The second-order valence-electron chi connectivity index (χ2n) is 8.19. The number of carbonyl (C=O) groups excluding carboxylic acids is 2. The number of hydrogen-bond acceptors (Lipinski definition) is 8. The smallest absolute Gasteiger partial charge is 0.304 e. The van der Waals surface area contributed by atoms with E-state index < -0.39 is 23.4 Å². The summed E-state index contributed by atoms with van der Waals surface area (Å²) in [5.74, 6) is -0.954. The Morgan fingerprint density at radius 1 is 0.639 bits per heavy atom. The Kier molecular flexibility index (Phi) is 9.50. The van der Waals surface area contributed by atoms with Gasteiger partial charge in [-0.15, -0.1) is 10.2 Å². The zero-order chi connectivity index (χ0) is 26.0. The van der Waals surface area contributed by atoms with Crippen LogP contribution in [0.2, 0.25) is 10.0 Å². The van der Waals surface area contributed by atoms with E-state index in [9.17, 15) is 9.59 Å². The molecule has 10 heteroatoms. The lowest BCUT2D eigenvalue weighted by atomic mass is 9.99. The standard InChI is InChI=1S/C26H26Cl2N4O4/c1-19(33)35-25(31-29-23-11-7-21(27)8-12-23)15-3-5-17-26(36-20(2)34,18-6-4-16-25)32-30-24-13-9-22(28)10-14-24/h3-14H,15-18H2,1-2H3/b5-3-,6-4-,31-29?,32-30?. The van der Waals surface area contributed by atoms with E-state index in [1.54, 1.807) is 72.8 Å². The maximum atomic E-state index is 11.9. The largest absolute Gasteiger partial charge is 0.435 e. The first kappa shape index (κ1) is 27.2. The van der Waals surface area contributed by atoms with Crippen molar-refractivity contribution < 1.29 is 19.1 Å². The molecular weight excluding hydrogens is 503 g/mol. The van der Waals surface area contributed by atoms with Crippen molar-refractivity contribution >= 4 is 46.5 Å². The van der Waals surface area contributed by atoms with Crippen molar-refractivity contribution in [3.8, 4) is 0 Å². The average Bonchev–Trinajstić information content (AvgIpc) is 2.83. The average molecular weight is 529 g/mol. The van der Waals surface area contributed by atoms with Crippen LogP contribution in [0.15, 0.2) is 93.3 Å². The summed E-state index contributed by atoms with van der Waals surface area (Å²) in [7, 11) is 0. The zero-order valence-corrected chi connectivity index (χ0v) is 21.4. The van der Waals surface area contributed by atoms with Gasteiger partial charge in [0, 0.05) is 49.6 Å². The molecule has 0 saturated carbocycles. The number of nitrogens with zero attached hydrogens (tertiary/aromatic N) is 4. The molecule has 188 valence electrons. The van der Waals surface area contributed by atoms with Gasteiger partial charge >= 0.3 is 11.9 Å². The number of ether oxygens (including phenoxy) is 2. The molecule has 36 heavy (non-hydrogen) atoms. The predicted molar refractivity (Wildman–Crippen MR) is 138 cm³/mol. The van der Waals surface area contributed by atoms with Crippen LogP contribution in [0.4, 0.5) is 11.4 Å². The number of benzene rings is 2. The zero-order valence-electron chi connectivity index (χ0n) is 19.9. The SMILES string of the molecule is CC(=O)OC1(N=Nc2ccc(Cl)cc2)C/C=C\CC(N=Nc2ccc(Cl)cc2)(OC(C)=O)C/C=C\C1. The lowest BCUT2D eigenvalue weighted by molar-refractivity contribution is -0.158. The van der Waals surface area contributed by atoms with Crippen molar-refractivity contribution in [3.05, 3.63) is 82.9 Å². The van der Waals surface area contributed by atoms with E-state index in [0.29, 0.717) is 21.4 Å². The number of hydrogen-bond donors (Lipinski definition) is 0. The first-order valence-corrected chi connectivity index (χ1v) is 12.0. The van der Waals surface area contributed by atoms with E-state index in [1.807, 2.05) is 0 Å². The van der Waals surface area contributed by atoms with Crippen LogP contribution < -0.4 is 0 Å². The molecule has 2 aromatic carbocycles. The van der Waals surface area contributed by atoms with Gasteiger partial charge in [0.05, 0.1) is 11.4 Å². The molecule has 2 aromatic rings. The van der Waals surface area contributed by atoms with E-state index in [-0.39, 0.29) is 25.7 Å². The quantitative estimate of drug-likeness (QED) is 0.214. The number of halogens is 2. The number of rotatable bonds is 6. The van der Waals surface area contributed by atoms with Gasteiger partial charge in [0.25, 0.3) is 0 Å². The van der Waals surface area contributed by atoms with Crippen molar-refractivity contribution in [2.75, 3.05) is 0 Å². The highest BCUT2D eigenvalue weighted by Crippen LogP contribution is 2.32. The second kappa shape index (κ2) is 12.6. The predicted octanol–water partition coefficient (Wildman–Crippen LogP) is 8.07. The van der Waals surface area contributed by atoms with E-state index in [4.69, 9.17) is 32.7 Å². The minimum atomic E-state index is -1.23. The van der Waals surface area contributed by atoms with E-state index >= 15 is 0 Å². The summed E-state index contributed by atoms with van der Waals surface area (Å²) in [5.41, 5.74) is -1.31. The van der Waals surface area contributed by atoms with Crippen LogP contribution in [0.25, 0.3) is 0 Å². The second-order valence-corrected chi connectivity index (χ2v) is 9.06. The van der Waals surface area contributed by atoms with Gasteiger partial charge in [0.15, 0.2) is 0 Å². The first-order valence-electron chi connectivity index (χ1n) is 11.3. The van der Waals surface area contributed by atoms with Gasteiger partial charge in [0.1, 0.15) is 0 Å². The Balaban J connectivity index is 1.86. The summed E-state index contributed by atoms with van der Waals surface area (Å²) in [6.07, 6.45) is 8.21. The van der Waals surface area contributed by atoms with Gasteiger partial charge in [-0.25, -0.2) is 0 Å². The van der Waals surface area contributed by atoms with Gasteiger partial charge in [-0.05, 0) is 48.5 Å².